The lowest BCUT2D eigenvalue weighted by molar-refractivity contribution is -0.131. The zero-order chi connectivity index (χ0) is 11.1. The quantitative estimate of drug-likeness (QED) is 0.716. The van der Waals surface area contributed by atoms with Crippen molar-refractivity contribution in [2.45, 2.75) is 6.54 Å². The van der Waals surface area contributed by atoms with Crippen molar-refractivity contribution in [3.8, 4) is 5.75 Å². The largest absolute Gasteiger partial charge is 0.497 e. The molecule has 0 saturated carbocycles. The van der Waals surface area contributed by atoms with E-state index in [1.54, 1.807) is 7.11 Å². The first-order chi connectivity index (χ1) is 7.22. The van der Waals surface area contributed by atoms with Gasteiger partial charge in [0.1, 0.15) is 5.75 Å². The molecule has 0 aliphatic heterocycles. The van der Waals surface area contributed by atoms with E-state index in [0.29, 0.717) is 6.54 Å². The molecule has 1 aromatic carbocycles. The summed E-state index contributed by atoms with van der Waals surface area (Å²) in [5.74, 6) is -0.176. The fraction of sp³-hybridized carbons (Fsp3) is 0.182. The SMILES string of the molecule is COc1cccc(CN/C=C/C(=O)O)c1. The fourth-order valence-corrected chi connectivity index (χ4v) is 1.09. The Bertz CT molecular complexity index is 361. The number of rotatable bonds is 5. The van der Waals surface area contributed by atoms with Crippen LogP contribution in [-0.4, -0.2) is 18.2 Å². The highest BCUT2D eigenvalue weighted by Crippen LogP contribution is 2.11. The van der Waals surface area contributed by atoms with Crippen LogP contribution in [0.3, 0.4) is 0 Å². The van der Waals surface area contributed by atoms with Crippen LogP contribution in [0.5, 0.6) is 5.75 Å². The molecule has 0 aliphatic rings. The van der Waals surface area contributed by atoms with Crippen LogP contribution in [0.4, 0.5) is 0 Å². The van der Waals surface area contributed by atoms with Gasteiger partial charge in [0, 0.05) is 18.8 Å². The second kappa shape index (κ2) is 5.70. The molecule has 1 aromatic rings. The van der Waals surface area contributed by atoms with E-state index < -0.39 is 5.97 Å². The number of methoxy groups -OCH3 is 1. The van der Waals surface area contributed by atoms with Crippen molar-refractivity contribution in [1.29, 1.82) is 0 Å². The molecule has 15 heavy (non-hydrogen) atoms. The summed E-state index contributed by atoms with van der Waals surface area (Å²) in [5.41, 5.74) is 1.03. The van der Waals surface area contributed by atoms with Gasteiger partial charge in [0.15, 0.2) is 0 Å². The number of ether oxygens (including phenoxy) is 1. The first kappa shape index (κ1) is 11.1. The summed E-state index contributed by atoms with van der Waals surface area (Å²) in [6, 6.07) is 7.57. The van der Waals surface area contributed by atoms with Crippen molar-refractivity contribution in [3.63, 3.8) is 0 Å². The highest BCUT2D eigenvalue weighted by Gasteiger charge is 1.93. The molecule has 0 spiro atoms. The van der Waals surface area contributed by atoms with Gasteiger partial charge in [0.2, 0.25) is 0 Å². The summed E-state index contributed by atoms with van der Waals surface area (Å²) >= 11 is 0. The van der Waals surface area contributed by atoms with E-state index in [2.05, 4.69) is 5.32 Å². The van der Waals surface area contributed by atoms with Gasteiger partial charge in [-0.05, 0) is 17.7 Å². The van der Waals surface area contributed by atoms with E-state index in [-0.39, 0.29) is 0 Å². The van der Waals surface area contributed by atoms with Crippen LogP contribution in [0.1, 0.15) is 5.56 Å². The first-order valence-electron chi connectivity index (χ1n) is 4.48. The summed E-state index contributed by atoms with van der Waals surface area (Å²) in [4.78, 5) is 10.2. The maximum Gasteiger partial charge on any atom is 0.329 e. The van der Waals surface area contributed by atoms with Crippen molar-refractivity contribution in [1.82, 2.24) is 5.32 Å². The second-order valence-electron chi connectivity index (χ2n) is 2.90. The van der Waals surface area contributed by atoms with Crippen LogP contribution in [0.25, 0.3) is 0 Å². The van der Waals surface area contributed by atoms with Crippen molar-refractivity contribution < 1.29 is 14.6 Å². The molecule has 80 valence electrons. The molecule has 0 bridgehead atoms. The van der Waals surface area contributed by atoms with E-state index in [9.17, 15) is 4.79 Å². The highest BCUT2D eigenvalue weighted by atomic mass is 16.5. The fourth-order valence-electron chi connectivity index (χ4n) is 1.09. The Labute approximate surface area is 88.2 Å². The molecule has 0 aromatic heterocycles. The summed E-state index contributed by atoms with van der Waals surface area (Å²) in [6.45, 7) is 0.570. The Morgan fingerprint density at radius 1 is 1.60 bits per heavy atom. The number of carboxylic acid groups (broad SMARTS) is 1. The van der Waals surface area contributed by atoms with Crippen molar-refractivity contribution in [2.75, 3.05) is 7.11 Å². The number of nitrogens with one attached hydrogen (secondary N) is 1. The van der Waals surface area contributed by atoms with Crippen molar-refractivity contribution >= 4 is 5.97 Å². The molecule has 0 radical (unpaired) electrons. The number of carbonyl (C=O) groups is 1. The molecule has 0 unspecified atom stereocenters. The van der Waals surface area contributed by atoms with Gasteiger partial charge < -0.3 is 15.2 Å². The standard InChI is InChI=1S/C11H13NO3/c1-15-10-4-2-3-9(7-10)8-12-6-5-11(13)14/h2-7,12H,8H2,1H3,(H,13,14)/b6-5+. The lowest BCUT2D eigenvalue weighted by Gasteiger charge is -2.03. The van der Waals surface area contributed by atoms with Crippen molar-refractivity contribution in [3.05, 3.63) is 42.1 Å². The van der Waals surface area contributed by atoms with E-state index in [4.69, 9.17) is 9.84 Å². The maximum absolute atomic E-state index is 10.2. The minimum absolute atomic E-state index is 0.570. The first-order valence-corrected chi connectivity index (χ1v) is 4.48. The van der Waals surface area contributed by atoms with E-state index in [1.807, 2.05) is 24.3 Å². The van der Waals surface area contributed by atoms with Crippen LogP contribution in [0, 0.1) is 0 Å². The molecule has 0 aliphatic carbocycles. The average molecular weight is 207 g/mol. The lowest BCUT2D eigenvalue weighted by Crippen LogP contribution is -2.05. The highest BCUT2D eigenvalue weighted by molar-refractivity contribution is 5.79. The molecule has 0 fully saturated rings. The number of hydrogen-bond acceptors (Lipinski definition) is 3. The van der Waals surface area contributed by atoms with Gasteiger partial charge in [-0.3, -0.25) is 0 Å². The average Bonchev–Trinajstić information content (AvgIpc) is 2.24. The third kappa shape index (κ3) is 4.17. The van der Waals surface area contributed by atoms with Crippen LogP contribution >= 0.6 is 0 Å². The smallest absolute Gasteiger partial charge is 0.329 e. The lowest BCUT2D eigenvalue weighted by atomic mass is 10.2. The Balaban J connectivity index is 2.47. The zero-order valence-electron chi connectivity index (χ0n) is 8.43. The van der Waals surface area contributed by atoms with E-state index in [0.717, 1.165) is 17.4 Å². The molecule has 0 atom stereocenters. The molecular weight excluding hydrogens is 194 g/mol. The number of aliphatic carboxylic acids is 1. The van der Waals surface area contributed by atoms with Gasteiger partial charge in [0.25, 0.3) is 0 Å². The van der Waals surface area contributed by atoms with Crippen LogP contribution in [0.15, 0.2) is 36.5 Å². The molecule has 0 amide bonds. The van der Waals surface area contributed by atoms with Crippen molar-refractivity contribution in [2.24, 2.45) is 0 Å². The van der Waals surface area contributed by atoms with Crippen LogP contribution in [-0.2, 0) is 11.3 Å². The predicted octanol–water partition coefficient (Wildman–Crippen LogP) is 1.38. The second-order valence-corrected chi connectivity index (χ2v) is 2.90. The van der Waals surface area contributed by atoms with E-state index >= 15 is 0 Å². The normalized spacial score (nSPS) is 10.2. The summed E-state index contributed by atoms with van der Waals surface area (Å²) in [7, 11) is 1.61. The predicted molar refractivity (Wildman–Crippen MR) is 56.6 cm³/mol. The molecular formula is C11H13NO3. The van der Waals surface area contributed by atoms with Gasteiger partial charge in [-0.15, -0.1) is 0 Å². The number of carboxylic acids is 1. The maximum atomic E-state index is 10.2. The number of hydrogen-bond donors (Lipinski definition) is 2. The Morgan fingerprint density at radius 3 is 3.07 bits per heavy atom. The van der Waals surface area contributed by atoms with Gasteiger partial charge in [-0.1, -0.05) is 12.1 Å². The molecule has 0 heterocycles. The topological polar surface area (TPSA) is 58.6 Å². The summed E-state index contributed by atoms with van der Waals surface area (Å²) < 4.78 is 5.06. The monoisotopic (exact) mass is 207 g/mol. The zero-order valence-corrected chi connectivity index (χ0v) is 8.43. The van der Waals surface area contributed by atoms with Crippen LogP contribution < -0.4 is 10.1 Å². The van der Waals surface area contributed by atoms with Gasteiger partial charge in [-0.2, -0.15) is 0 Å². The third-order valence-corrected chi connectivity index (χ3v) is 1.78. The minimum atomic E-state index is -0.965. The molecule has 4 nitrogen and oxygen atoms in total. The van der Waals surface area contributed by atoms with Gasteiger partial charge in [0.05, 0.1) is 7.11 Å². The molecule has 2 N–H and O–H groups in total. The third-order valence-electron chi connectivity index (χ3n) is 1.78. The Morgan fingerprint density at radius 2 is 2.40 bits per heavy atom. The molecule has 0 saturated heterocycles. The minimum Gasteiger partial charge on any atom is -0.497 e. The van der Waals surface area contributed by atoms with E-state index in [1.165, 1.54) is 6.20 Å². The van der Waals surface area contributed by atoms with Gasteiger partial charge in [-0.25, -0.2) is 4.79 Å². The molecule has 1 rings (SSSR count). The molecule has 4 heteroatoms. The Kier molecular flexibility index (Phi) is 4.22. The van der Waals surface area contributed by atoms with Gasteiger partial charge >= 0.3 is 5.97 Å². The Hall–Kier alpha value is -1.97. The summed E-state index contributed by atoms with van der Waals surface area (Å²) in [6.07, 6.45) is 2.46. The summed E-state index contributed by atoms with van der Waals surface area (Å²) in [5, 5.41) is 11.2. The van der Waals surface area contributed by atoms with Crippen LogP contribution in [0.2, 0.25) is 0 Å². The number of benzene rings is 1.